The Morgan fingerprint density at radius 3 is 1.20 bits per heavy atom. The van der Waals surface area contributed by atoms with Crippen molar-refractivity contribution in [3.05, 3.63) is 109 Å². The smallest absolute Gasteiger partial charge is 0.361 e. The second kappa shape index (κ2) is 52.3. The normalized spacial score (nSPS) is 13.6. The fourth-order valence-corrected chi connectivity index (χ4v) is 7.20. The Morgan fingerprint density at radius 2 is 0.803 bits per heavy atom. The molecule has 9 nitrogen and oxygen atoms in total. The number of quaternary nitrogens is 1. The van der Waals surface area contributed by atoms with Gasteiger partial charge in [-0.15, -0.1) is 0 Å². The zero-order valence-corrected chi connectivity index (χ0v) is 45.8. The van der Waals surface area contributed by atoms with Crippen LogP contribution in [0.3, 0.4) is 0 Å². The van der Waals surface area contributed by atoms with Crippen molar-refractivity contribution in [3.8, 4) is 0 Å². The lowest BCUT2D eigenvalue weighted by Gasteiger charge is -2.25. The molecule has 0 aliphatic heterocycles. The van der Waals surface area contributed by atoms with Crippen molar-refractivity contribution in [1.82, 2.24) is 0 Å². The summed E-state index contributed by atoms with van der Waals surface area (Å²) in [6.07, 6.45) is 68.7. The number of nitrogens with zero attached hydrogens (tertiary/aromatic N) is 1. The van der Waals surface area contributed by atoms with E-state index in [0.717, 1.165) is 109 Å². The summed E-state index contributed by atoms with van der Waals surface area (Å²) < 4.78 is 22.8. The van der Waals surface area contributed by atoms with E-state index < -0.39 is 24.3 Å². The highest BCUT2D eigenvalue weighted by atomic mass is 16.7. The van der Waals surface area contributed by atoms with Gasteiger partial charge in [0.2, 0.25) is 0 Å². The molecule has 0 radical (unpaired) electrons. The molecule has 0 heterocycles. The van der Waals surface area contributed by atoms with E-state index in [1.54, 1.807) is 0 Å². The summed E-state index contributed by atoms with van der Waals surface area (Å²) in [5.41, 5.74) is 0. The third-order valence-electron chi connectivity index (χ3n) is 11.5. The van der Waals surface area contributed by atoms with Crippen LogP contribution < -0.4 is 0 Å². The van der Waals surface area contributed by atoms with Crippen LogP contribution in [0, 0.1) is 0 Å². The average molecular weight is 992 g/mol. The topological polar surface area (TPSA) is 108 Å². The van der Waals surface area contributed by atoms with E-state index >= 15 is 0 Å². The van der Waals surface area contributed by atoms with E-state index in [2.05, 4.69) is 123 Å². The number of unbranched alkanes of at least 4 members (excludes halogenated alkanes) is 17. The number of carbonyl (C=O) groups excluding carboxylic acids is 2. The maximum Gasteiger partial charge on any atom is 0.361 e. The highest BCUT2D eigenvalue weighted by Crippen LogP contribution is 2.14. The van der Waals surface area contributed by atoms with E-state index in [0.29, 0.717) is 17.4 Å². The van der Waals surface area contributed by atoms with Crippen molar-refractivity contribution in [2.45, 2.75) is 219 Å². The molecule has 2 unspecified atom stereocenters. The largest absolute Gasteiger partial charge is 0.477 e. The SMILES string of the molecule is CC/C=C\C/C=C\C/C=C\C/C=C\C/C=C\C/C=C\C/C=C\CCCCCCCCCC(=O)OC(COC(=O)CCCCCCCCC/C=C\C/C=C\CCCCC)COC(OCC[N+](C)(C)C)C(=O)O. The van der Waals surface area contributed by atoms with Crippen LogP contribution in [0.25, 0.3) is 0 Å². The molecule has 0 fully saturated rings. The van der Waals surface area contributed by atoms with Crippen molar-refractivity contribution in [2.75, 3.05) is 47.5 Å². The minimum absolute atomic E-state index is 0.178. The summed E-state index contributed by atoms with van der Waals surface area (Å²) >= 11 is 0. The Hall–Kier alpha value is -4.05. The number of likely N-dealkylation sites (N-methyl/N-ethyl adjacent to an activating group) is 1. The quantitative estimate of drug-likeness (QED) is 0.0211. The molecule has 2 atom stereocenters. The van der Waals surface area contributed by atoms with Crippen LogP contribution >= 0.6 is 0 Å². The zero-order chi connectivity index (χ0) is 52.0. The second-order valence-corrected chi connectivity index (χ2v) is 19.5. The van der Waals surface area contributed by atoms with Gasteiger partial charge in [-0.05, 0) is 103 Å². The standard InChI is InChI=1S/C62H103NO8/c1-6-8-10-12-14-16-18-20-22-24-25-26-27-28-29-30-31-32-33-34-35-37-39-41-43-45-47-49-51-53-60(65)71-58(57-70-62(61(66)67)68-55-54-63(3,4)5)56-69-59(64)52-50-48-46-44-42-40-38-36-23-21-19-17-15-13-11-9-7-2/h8,10,14-17,20-23,25-26,28-29,31-32,34-35,58,62H,6-7,9,11-13,18-19,24,27,30,33,36-57H2,1-5H3/p+1/b10-8-,16-14-,17-15-,22-20-,23-21-,26-25-,29-28-,32-31-,35-34-. The number of aliphatic carboxylic acids is 1. The highest BCUT2D eigenvalue weighted by Gasteiger charge is 2.25. The molecule has 0 aliphatic carbocycles. The van der Waals surface area contributed by atoms with Gasteiger partial charge >= 0.3 is 17.9 Å². The molecule has 404 valence electrons. The first-order chi connectivity index (χ1) is 34.6. The van der Waals surface area contributed by atoms with Gasteiger partial charge in [0.05, 0.1) is 34.4 Å². The first-order valence-corrected chi connectivity index (χ1v) is 28.1. The number of carboxylic acid groups (broad SMARTS) is 1. The fourth-order valence-electron chi connectivity index (χ4n) is 7.20. The van der Waals surface area contributed by atoms with Gasteiger partial charge in [-0.25, -0.2) is 4.79 Å². The average Bonchev–Trinajstić information content (AvgIpc) is 3.34. The molecule has 0 aliphatic rings. The van der Waals surface area contributed by atoms with E-state index in [-0.39, 0.29) is 38.6 Å². The minimum Gasteiger partial charge on any atom is -0.477 e. The van der Waals surface area contributed by atoms with Crippen LogP contribution in [-0.2, 0) is 33.3 Å². The first-order valence-electron chi connectivity index (χ1n) is 28.1. The molecule has 0 aromatic heterocycles. The van der Waals surface area contributed by atoms with Crippen molar-refractivity contribution >= 4 is 17.9 Å². The van der Waals surface area contributed by atoms with Gasteiger partial charge < -0.3 is 28.5 Å². The van der Waals surface area contributed by atoms with Crippen LogP contribution in [0.15, 0.2) is 109 Å². The maximum absolute atomic E-state index is 12.9. The summed E-state index contributed by atoms with van der Waals surface area (Å²) in [7, 11) is 5.95. The Labute approximate surface area is 434 Å². The third kappa shape index (κ3) is 53.6. The van der Waals surface area contributed by atoms with Crippen LogP contribution in [0.2, 0.25) is 0 Å². The Morgan fingerprint density at radius 1 is 0.437 bits per heavy atom. The zero-order valence-electron chi connectivity index (χ0n) is 45.8. The number of esters is 2. The fraction of sp³-hybridized carbons (Fsp3) is 0.661. The van der Waals surface area contributed by atoms with Crippen LogP contribution in [0.1, 0.15) is 206 Å². The summed E-state index contributed by atoms with van der Waals surface area (Å²) in [5, 5.41) is 9.69. The highest BCUT2D eigenvalue weighted by molar-refractivity contribution is 5.71. The van der Waals surface area contributed by atoms with Crippen LogP contribution in [0.5, 0.6) is 0 Å². The number of hydrogen-bond acceptors (Lipinski definition) is 7. The molecule has 0 aromatic rings. The molecule has 0 bridgehead atoms. The van der Waals surface area contributed by atoms with Gasteiger partial charge in [-0.1, -0.05) is 200 Å². The van der Waals surface area contributed by atoms with Gasteiger partial charge in [0.25, 0.3) is 6.29 Å². The van der Waals surface area contributed by atoms with Gasteiger partial charge in [0.1, 0.15) is 13.2 Å². The van der Waals surface area contributed by atoms with Gasteiger partial charge in [-0.3, -0.25) is 9.59 Å². The lowest BCUT2D eigenvalue weighted by molar-refractivity contribution is -0.870. The van der Waals surface area contributed by atoms with E-state index in [1.165, 1.54) is 64.2 Å². The van der Waals surface area contributed by atoms with E-state index in [4.69, 9.17) is 18.9 Å². The molecule has 0 saturated carbocycles. The molecule has 1 N–H and O–H groups in total. The summed E-state index contributed by atoms with van der Waals surface area (Å²) in [5.74, 6) is -2.04. The maximum atomic E-state index is 12.9. The Bertz CT molecular complexity index is 1530. The molecule has 0 saturated heterocycles. The molecule has 0 aromatic carbocycles. The molecule has 0 spiro atoms. The summed E-state index contributed by atoms with van der Waals surface area (Å²) in [6, 6.07) is 0. The lowest BCUT2D eigenvalue weighted by atomic mass is 10.1. The molecule has 0 rings (SSSR count). The van der Waals surface area contributed by atoms with Crippen molar-refractivity contribution < 1.29 is 42.9 Å². The summed E-state index contributed by atoms with van der Waals surface area (Å²) in [4.78, 5) is 37.4. The lowest BCUT2D eigenvalue weighted by Crippen LogP contribution is -2.40. The molecular formula is C62H104NO8+. The summed E-state index contributed by atoms with van der Waals surface area (Å²) in [6.45, 7) is 4.70. The van der Waals surface area contributed by atoms with Crippen molar-refractivity contribution in [1.29, 1.82) is 0 Å². The molecular weight excluding hydrogens is 887 g/mol. The van der Waals surface area contributed by atoms with Crippen LogP contribution in [-0.4, -0.2) is 87.4 Å². The predicted molar refractivity (Wildman–Crippen MR) is 299 cm³/mol. The van der Waals surface area contributed by atoms with Crippen LogP contribution in [0.4, 0.5) is 0 Å². The predicted octanol–water partition coefficient (Wildman–Crippen LogP) is 16.3. The Balaban J connectivity index is 4.33. The molecule has 0 amide bonds. The third-order valence-corrected chi connectivity index (χ3v) is 11.5. The number of ether oxygens (including phenoxy) is 4. The van der Waals surface area contributed by atoms with Gasteiger partial charge in [-0.2, -0.15) is 0 Å². The van der Waals surface area contributed by atoms with Gasteiger partial charge in [0.15, 0.2) is 6.10 Å². The van der Waals surface area contributed by atoms with E-state index in [9.17, 15) is 19.5 Å². The Kier molecular flexibility index (Phi) is 49.3. The number of rotatable bonds is 50. The number of carboxylic acids is 1. The molecule has 71 heavy (non-hydrogen) atoms. The number of allylic oxidation sites excluding steroid dienone is 18. The number of carbonyl (C=O) groups is 3. The monoisotopic (exact) mass is 991 g/mol. The first kappa shape index (κ1) is 67.0. The van der Waals surface area contributed by atoms with Gasteiger partial charge in [0, 0.05) is 12.8 Å². The second-order valence-electron chi connectivity index (χ2n) is 19.5. The van der Waals surface area contributed by atoms with E-state index in [1.807, 2.05) is 21.1 Å². The number of hydrogen-bond donors (Lipinski definition) is 1. The van der Waals surface area contributed by atoms with Crippen molar-refractivity contribution in [2.24, 2.45) is 0 Å². The molecule has 9 heteroatoms. The minimum atomic E-state index is -1.52. The van der Waals surface area contributed by atoms with Crippen molar-refractivity contribution in [3.63, 3.8) is 0 Å².